The van der Waals surface area contributed by atoms with Crippen molar-refractivity contribution in [2.75, 3.05) is 21.9 Å². The van der Waals surface area contributed by atoms with Crippen LogP contribution in [0.1, 0.15) is 26.2 Å². The number of anilines is 2. The van der Waals surface area contributed by atoms with Crippen LogP contribution in [0.15, 0.2) is 18.2 Å². The third kappa shape index (κ3) is 3.57. The zero-order valence-electron chi connectivity index (χ0n) is 12.9. The molecule has 1 atom stereocenters. The summed E-state index contributed by atoms with van der Waals surface area (Å²) in [6.07, 6.45) is 2.73. The van der Waals surface area contributed by atoms with E-state index in [-0.39, 0.29) is 17.5 Å². The Hall–Kier alpha value is -1.83. The summed E-state index contributed by atoms with van der Waals surface area (Å²) in [6, 6.07) is 3.50. The number of benzene rings is 1. The van der Waals surface area contributed by atoms with Crippen LogP contribution in [0.3, 0.4) is 0 Å². The molecule has 0 radical (unpaired) electrons. The fraction of sp³-hybridized carbons (Fsp3) is 0.533. The van der Waals surface area contributed by atoms with Gasteiger partial charge in [-0.05, 0) is 50.3 Å². The van der Waals surface area contributed by atoms with E-state index in [4.69, 9.17) is 0 Å². The Balaban J connectivity index is 1.74. The van der Waals surface area contributed by atoms with Gasteiger partial charge in [-0.3, -0.25) is 4.31 Å². The number of hydrogen-bond donors (Lipinski definition) is 2. The molecule has 6 nitrogen and oxygen atoms in total. The Labute approximate surface area is 135 Å². The summed E-state index contributed by atoms with van der Waals surface area (Å²) in [7, 11) is -3.34. The highest BCUT2D eigenvalue weighted by molar-refractivity contribution is 7.93. The summed E-state index contributed by atoms with van der Waals surface area (Å²) in [4.78, 5) is 11.9. The van der Waals surface area contributed by atoms with Crippen molar-refractivity contribution in [1.29, 1.82) is 0 Å². The van der Waals surface area contributed by atoms with Crippen molar-refractivity contribution in [3.8, 4) is 0 Å². The van der Waals surface area contributed by atoms with Crippen molar-refractivity contribution in [1.82, 2.24) is 5.32 Å². The molecule has 0 unspecified atom stereocenters. The van der Waals surface area contributed by atoms with Crippen molar-refractivity contribution >= 4 is 27.4 Å². The molecule has 0 bridgehead atoms. The number of nitrogens with one attached hydrogen (secondary N) is 2. The maximum atomic E-state index is 13.9. The van der Waals surface area contributed by atoms with Crippen LogP contribution >= 0.6 is 0 Å². The highest BCUT2D eigenvalue weighted by Crippen LogP contribution is 2.32. The molecule has 2 fully saturated rings. The minimum Gasteiger partial charge on any atom is -0.335 e. The quantitative estimate of drug-likeness (QED) is 0.882. The van der Waals surface area contributed by atoms with Gasteiger partial charge in [0.1, 0.15) is 5.82 Å². The number of sulfonamides is 1. The lowest BCUT2D eigenvalue weighted by atomic mass is 10.2. The maximum Gasteiger partial charge on any atom is 0.319 e. The van der Waals surface area contributed by atoms with Gasteiger partial charge in [0, 0.05) is 12.6 Å². The molecule has 126 valence electrons. The summed E-state index contributed by atoms with van der Waals surface area (Å²) in [5, 5.41) is 5.24. The van der Waals surface area contributed by atoms with E-state index in [9.17, 15) is 17.6 Å². The maximum absolute atomic E-state index is 13.9. The number of nitrogens with zero attached hydrogens (tertiary/aromatic N) is 1. The fourth-order valence-corrected chi connectivity index (χ4v) is 4.33. The van der Waals surface area contributed by atoms with Gasteiger partial charge in [-0.25, -0.2) is 17.6 Å². The second-order valence-corrected chi connectivity index (χ2v) is 8.14. The molecule has 3 rings (SSSR count). The summed E-state index contributed by atoms with van der Waals surface area (Å²) in [6.45, 7) is 2.29. The first-order valence-electron chi connectivity index (χ1n) is 7.74. The average molecular weight is 341 g/mol. The number of amides is 2. The predicted octanol–water partition coefficient (Wildman–Crippen LogP) is 2.29. The van der Waals surface area contributed by atoms with E-state index in [0.29, 0.717) is 24.6 Å². The van der Waals surface area contributed by atoms with Crippen molar-refractivity contribution < 1.29 is 17.6 Å². The van der Waals surface area contributed by atoms with Gasteiger partial charge in [0.25, 0.3) is 0 Å². The first kappa shape index (κ1) is 16.0. The number of urea groups is 1. The highest BCUT2D eigenvalue weighted by Gasteiger charge is 2.30. The van der Waals surface area contributed by atoms with Crippen LogP contribution in [0, 0.1) is 11.7 Å². The van der Waals surface area contributed by atoms with E-state index in [1.807, 2.05) is 6.92 Å². The van der Waals surface area contributed by atoms with Crippen LogP contribution < -0.4 is 14.9 Å². The Morgan fingerprint density at radius 1 is 1.39 bits per heavy atom. The number of carbonyl (C=O) groups is 1. The first-order valence-corrected chi connectivity index (χ1v) is 9.35. The minimum absolute atomic E-state index is 0.0231. The van der Waals surface area contributed by atoms with Gasteiger partial charge < -0.3 is 10.6 Å². The van der Waals surface area contributed by atoms with Gasteiger partial charge in [0.05, 0.1) is 17.1 Å². The summed E-state index contributed by atoms with van der Waals surface area (Å²) in [5.41, 5.74) is 0.347. The van der Waals surface area contributed by atoms with E-state index in [0.717, 1.165) is 12.8 Å². The zero-order valence-corrected chi connectivity index (χ0v) is 13.7. The van der Waals surface area contributed by atoms with Gasteiger partial charge in [-0.15, -0.1) is 0 Å². The lowest BCUT2D eigenvalue weighted by molar-refractivity contribution is 0.248. The molecular formula is C15H20FN3O3S. The molecule has 1 aliphatic carbocycles. The van der Waals surface area contributed by atoms with Crippen molar-refractivity contribution in [2.45, 2.75) is 32.2 Å². The van der Waals surface area contributed by atoms with Crippen LogP contribution in [0.5, 0.6) is 0 Å². The van der Waals surface area contributed by atoms with E-state index in [1.54, 1.807) is 0 Å². The zero-order chi connectivity index (χ0) is 16.6. The van der Waals surface area contributed by atoms with Gasteiger partial charge >= 0.3 is 6.03 Å². The van der Waals surface area contributed by atoms with Gasteiger partial charge in [0.15, 0.2) is 0 Å². The summed E-state index contributed by atoms with van der Waals surface area (Å²) in [5.74, 6) is -0.0155. The van der Waals surface area contributed by atoms with Crippen LogP contribution in [-0.4, -0.2) is 32.8 Å². The third-order valence-corrected chi connectivity index (χ3v) is 6.14. The molecule has 1 aliphatic heterocycles. The lowest BCUT2D eigenvalue weighted by Crippen LogP contribution is -2.37. The summed E-state index contributed by atoms with van der Waals surface area (Å²) < 4.78 is 39.0. The topological polar surface area (TPSA) is 78.5 Å². The van der Waals surface area contributed by atoms with Crippen LogP contribution in [0.25, 0.3) is 0 Å². The molecule has 8 heteroatoms. The van der Waals surface area contributed by atoms with E-state index in [2.05, 4.69) is 10.6 Å². The Morgan fingerprint density at radius 2 is 2.13 bits per heavy atom. The molecule has 0 aromatic heterocycles. The molecule has 1 aromatic rings. The van der Waals surface area contributed by atoms with E-state index in [1.165, 1.54) is 22.5 Å². The molecule has 0 spiro atoms. The Morgan fingerprint density at radius 3 is 2.74 bits per heavy atom. The van der Waals surface area contributed by atoms with E-state index < -0.39 is 21.9 Å². The summed E-state index contributed by atoms with van der Waals surface area (Å²) >= 11 is 0. The van der Waals surface area contributed by atoms with Crippen molar-refractivity contribution in [3.63, 3.8) is 0 Å². The van der Waals surface area contributed by atoms with Crippen LogP contribution in [-0.2, 0) is 10.0 Å². The third-order valence-electron chi connectivity index (χ3n) is 4.27. The molecular weight excluding hydrogens is 321 g/mol. The second-order valence-electron chi connectivity index (χ2n) is 6.13. The average Bonchev–Trinajstić information content (AvgIpc) is 3.25. The smallest absolute Gasteiger partial charge is 0.319 e. The van der Waals surface area contributed by atoms with Gasteiger partial charge in [-0.1, -0.05) is 0 Å². The van der Waals surface area contributed by atoms with Crippen LogP contribution in [0.2, 0.25) is 0 Å². The fourth-order valence-electron chi connectivity index (χ4n) is 2.77. The van der Waals surface area contributed by atoms with Crippen LogP contribution in [0.4, 0.5) is 20.6 Å². The van der Waals surface area contributed by atoms with Crippen molar-refractivity contribution in [3.05, 3.63) is 24.0 Å². The molecule has 2 N–H and O–H groups in total. The standard InChI is InChI=1S/C15H20FN3O3S/c1-10(11-3-4-11)17-15(20)18-14-9-12(5-6-13(14)16)19-7-2-8-23(19,21)22/h5-6,9-11H,2-4,7-8H2,1H3,(H2,17,18,20)/t10-/m0/s1. The van der Waals surface area contributed by atoms with Gasteiger partial charge in [0.2, 0.25) is 10.0 Å². The predicted molar refractivity (Wildman–Crippen MR) is 86.5 cm³/mol. The molecule has 1 heterocycles. The van der Waals surface area contributed by atoms with E-state index >= 15 is 0 Å². The van der Waals surface area contributed by atoms with Crippen molar-refractivity contribution in [2.24, 2.45) is 5.92 Å². The number of hydrogen-bond acceptors (Lipinski definition) is 3. The molecule has 23 heavy (non-hydrogen) atoms. The minimum atomic E-state index is -3.34. The number of halogens is 1. The highest BCUT2D eigenvalue weighted by atomic mass is 32.2. The normalized spacial score (nSPS) is 21.0. The monoisotopic (exact) mass is 341 g/mol. The SMILES string of the molecule is C[C@H](NC(=O)Nc1cc(N2CCCS2(=O)=O)ccc1F)C1CC1. The molecule has 2 aliphatic rings. The largest absolute Gasteiger partial charge is 0.335 e. The molecule has 1 aromatic carbocycles. The molecule has 1 saturated heterocycles. The second kappa shape index (κ2) is 5.99. The molecule has 2 amide bonds. The number of rotatable bonds is 4. The molecule has 1 saturated carbocycles. The first-order chi connectivity index (χ1) is 10.9. The Kier molecular flexibility index (Phi) is 4.18. The van der Waals surface area contributed by atoms with Gasteiger partial charge in [-0.2, -0.15) is 0 Å². The lowest BCUT2D eigenvalue weighted by Gasteiger charge is -2.19. The Bertz CT molecular complexity index is 719. The number of carbonyl (C=O) groups excluding carboxylic acids is 1.